The minimum atomic E-state index is -0.448. The van der Waals surface area contributed by atoms with Crippen molar-refractivity contribution in [2.24, 2.45) is 0 Å². The van der Waals surface area contributed by atoms with Crippen LogP contribution < -0.4 is 0 Å². The molecule has 0 saturated heterocycles. The Kier molecular flexibility index (Phi) is 8.02. The Labute approximate surface area is 114 Å². The average molecular weight is 278 g/mol. The molecule has 18 heavy (non-hydrogen) atoms. The predicted octanol–water partition coefficient (Wildman–Crippen LogP) is 0.877. The molecule has 6 heteroatoms. The number of quaternary nitrogens is 1. The van der Waals surface area contributed by atoms with Gasteiger partial charge in [-0.1, -0.05) is 0 Å². The summed E-state index contributed by atoms with van der Waals surface area (Å²) < 4.78 is 10.8. The zero-order valence-corrected chi connectivity index (χ0v) is 12.5. The van der Waals surface area contributed by atoms with Crippen LogP contribution in [-0.2, 0) is 19.1 Å². The van der Waals surface area contributed by atoms with Gasteiger partial charge in [0.1, 0.15) is 6.54 Å². The van der Waals surface area contributed by atoms with Crippen LogP contribution in [0.15, 0.2) is 0 Å². The standard InChI is InChI=1S/C12H23NO4S/c1-5-16-12(15)8-10(9-13(2,3)4)17-11(14)6-7-18/h10H,5-9H2,1-4H3/p+1/t10-/m1/s1. The number of hydrogen-bond acceptors (Lipinski definition) is 5. The van der Waals surface area contributed by atoms with Gasteiger partial charge >= 0.3 is 11.9 Å². The van der Waals surface area contributed by atoms with E-state index in [-0.39, 0.29) is 24.8 Å². The van der Waals surface area contributed by atoms with Crippen molar-refractivity contribution in [3.63, 3.8) is 0 Å². The van der Waals surface area contributed by atoms with Gasteiger partial charge in [-0.05, 0) is 6.92 Å². The molecule has 0 unspecified atom stereocenters. The summed E-state index contributed by atoms with van der Waals surface area (Å²) in [6, 6.07) is 0. The molecule has 0 amide bonds. The summed E-state index contributed by atoms with van der Waals surface area (Å²) in [6.07, 6.45) is -0.0993. The van der Waals surface area contributed by atoms with Crippen LogP contribution in [0.4, 0.5) is 0 Å². The molecule has 0 fully saturated rings. The third-order valence-electron chi connectivity index (χ3n) is 2.07. The minimum Gasteiger partial charge on any atom is -0.466 e. The van der Waals surface area contributed by atoms with Crippen molar-refractivity contribution in [3.05, 3.63) is 0 Å². The van der Waals surface area contributed by atoms with Gasteiger partial charge in [0, 0.05) is 5.75 Å². The van der Waals surface area contributed by atoms with Crippen LogP contribution in [0.3, 0.4) is 0 Å². The highest BCUT2D eigenvalue weighted by Gasteiger charge is 2.25. The number of carbonyl (C=O) groups is 2. The van der Waals surface area contributed by atoms with Gasteiger partial charge < -0.3 is 14.0 Å². The van der Waals surface area contributed by atoms with Gasteiger partial charge in [0.2, 0.25) is 0 Å². The van der Waals surface area contributed by atoms with Crippen molar-refractivity contribution in [2.45, 2.75) is 25.9 Å². The Balaban J connectivity index is 4.42. The molecule has 0 aliphatic carbocycles. The number of hydrogen-bond donors (Lipinski definition) is 1. The maximum absolute atomic E-state index is 11.4. The fourth-order valence-electron chi connectivity index (χ4n) is 1.50. The molecule has 0 rings (SSSR count). The highest BCUT2D eigenvalue weighted by Crippen LogP contribution is 2.08. The molecule has 0 aromatic heterocycles. The number of carbonyl (C=O) groups excluding carboxylic acids is 2. The van der Waals surface area contributed by atoms with Crippen molar-refractivity contribution >= 4 is 24.6 Å². The van der Waals surface area contributed by atoms with Crippen molar-refractivity contribution in [2.75, 3.05) is 40.0 Å². The van der Waals surface area contributed by atoms with Crippen LogP contribution >= 0.6 is 12.6 Å². The van der Waals surface area contributed by atoms with E-state index < -0.39 is 6.10 Å². The second-order valence-electron chi connectivity index (χ2n) is 5.07. The number of thiol groups is 1. The Morgan fingerprint density at radius 3 is 2.28 bits per heavy atom. The number of nitrogens with zero attached hydrogens (tertiary/aromatic N) is 1. The fraction of sp³-hybridized carbons (Fsp3) is 0.833. The Bertz CT molecular complexity index is 256. The van der Waals surface area contributed by atoms with Crippen LogP contribution in [-0.4, -0.2) is 62.6 Å². The van der Waals surface area contributed by atoms with Gasteiger partial charge in [0.05, 0.1) is 40.6 Å². The lowest BCUT2D eigenvalue weighted by Crippen LogP contribution is -2.44. The molecule has 0 aromatic rings. The molecule has 0 heterocycles. The maximum atomic E-state index is 11.4. The summed E-state index contributed by atoms with van der Waals surface area (Å²) in [5.74, 6) is -0.225. The number of ether oxygens (including phenoxy) is 2. The van der Waals surface area contributed by atoms with Gasteiger partial charge in [0.25, 0.3) is 0 Å². The fourth-order valence-corrected chi connectivity index (χ4v) is 1.68. The summed E-state index contributed by atoms with van der Waals surface area (Å²) in [4.78, 5) is 22.9. The molecule has 0 aromatic carbocycles. The SMILES string of the molecule is CCOC(=O)C[C@H](C[N+](C)(C)C)OC(=O)CCS. The third-order valence-corrected chi connectivity index (χ3v) is 2.29. The monoisotopic (exact) mass is 278 g/mol. The maximum Gasteiger partial charge on any atom is 0.309 e. The van der Waals surface area contributed by atoms with Crippen LogP contribution in [0, 0.1) is 0 Å². The van der Waals surface area contributed by atoms with Crippen molar-refractivity contribution < 1.29 is 23.5 Å². The zero-order chi connectivity index (χ0) is 14.2. The van der Waals surface area contributed by atoms with E-state index in [1.807, 2.05) is 21.1 Å². The van der Waals surface area contributed by atoms with Crippen LogP contribution in [0.1, 0.15) is 19.8 Å². The predicted molar refractivity (Wildman–Crippen MR) is 72.5 cm³/mol. The average Bonchev–Trinajstić information content (AvgIpc) is 2.14. The molecule has 0 N–H and O–H groups in total. The summed E-state index contributed by atoms with van der Waals surface area (Å²) in [6.45, 7) is 2.65. The van der Waals surface area contributed by atoms with E-state index in [9.17, 15) is 9.59 Å². The molecule has 0 bridgehead atoms. The first-order valence-electron chi connectivity index (χ1n) is 6.05. The van der Waals surface area contributed by atoms with E-state index in [0.29, 0.717) is 23.4 Å². The zero-order valence-electron chi connectivity index (χ0n) is 11.6. The first-order chi connectivity index (χ1) is 8.28. The van der Waals surface area contributed by atoms with E-state index in [0.717, 1.165) is 0 Å². The molecule has 106 valence electrons. The number of likely N-dealkylation sites (N-methyl/N-ethyl adjacent to an activating group) is 1. The molecule has 0 saturated carbocycles. The van der Waals surface area contributed by atoms with Gasteiger partial charge in [0.15, 0.2) is 6.10 Å². The van der Waals surface area contributed by atoms with E-state index in [1.54, 1.807) is 6.92 Å². The highest BCUT2D eigenvalue weighted by molar-refractivity contribution is 7.80. The van der Waals surface area contributed by atoms with E-state index in [2.05, 4.69) is 12.6 Å². The minimum absolute atomic E-state index is 0.0989. The second-order valence-corrected chi connectivity index (χ2v) is 5.51. The Morgan fingerprint density at radius 2 is 1.83 bits per heavy atom. The number of esters is 2. The van der Waals surface area contributed by atoms with Gasteiger partial charge in [-0.15, -0.1) is 0 Å². The van der Waals surface area contributed by atoms with Gasteiger partial charge in [-0.25, -0.2) is 0 Å². The topological polar surface area (TPSA) is 52.6 Å². The Morgan fingerprint density at radius 1 is 1.22 bits per heavy atom. The molecule has 0 radical (unpaired) electrons. The quantitative estimate of drug-likeness (QED) is 0.407. The highest BCUT2D eigenvalue weighted by atomic mass is 32.1. The first-order valence-corrected chi connectivity index (χ1v) is 6.68. The van der Waals surface area contributed by atoms with Crippen molar-refractivity contribution in [1.29, 1.82) is 0 Å². The van der Waals surface area contributed by atoms with Crippen LogP contribution in [0.25, 0.3) is 0 Å². The van der Waals surface area contributed by atoms with Gasteiger partial charge in [-0.2, -0.15) is 12.6 Å². The van der Waals surface area contributed by atoms with Crippen LogP contribution in [0.5, 0.6) is 0 Å². The summed E-state index contributed by atoms with van der Waals surface area (Å²) >= 11 is 3.98. The molecule has 1 atom stereocenters. The lowest BCUT2D eigenvalue weighted by atomic mass is 10.2. The third kappa shape index (κ3) is 9.30. The molecular formula is C12H24NO4S+. The van der Waals surface area contributed by atoms with E-state index >= 15 is 0 Å². The summed E-state index contributed by atoms with van der Waals surface area (Å²) in [5.41, 5.74) is 0. The van der Waals surface area contributed by atoms with E-state index in [1.165, 1.54) is 0 Å². The van der Waals surface area contributed by atoms with Crippen molar-refractivity contribution in [3.8, 4) is 0 Å². The first kappa shape index (κ1) is 17.2. The molecule has 5 nitrogen and oxygen atoms in total. The largest absolute Gasteiger partial charge is 0.466 e. The molecule has 0 aliphatic heterocycles. The summed E-state index contributed by atoms with van der Waals surface area (Å²) in [7, 11) is 5.93. The van der Waals surface area contributed by atoms with Gasteiger partial charge in [-0.3, -0.25) is 9.59 Å². The Hall–Kier alpha value is -0.750. The second kappa shape index (κ2) is 8.37. The molecular weight excluding hydrogens is 254 g/mol. The van der Waals surface area contributed by atoms with Crippen molar-refractivity contribution in [1.82, 2.24) is 0 Å². The molecule has 0 aliphatic rings. The summed E-state index contributed by atoms with van der Waals surface area (Å²) in [5, 5.41) is 0. The van der Waals surface area contributed by atoms with Crippen LogP contribution in [0.2, 0.25) is 0 Å². The normalized spacial score (nSPS) is 12.9. The number of rotatable bonds is 8. The smallest absolute Gasteiger partial charge is 0.309 e. The lowest BCUT2D eigenvalue weighted by Gasteiger charge is -2.28. The van der Waals surface area contributed by atoms with E-state index in [4.69, 9.17) is 9.47 Å². The molecule has 0 spiro atoms. The lowest BCUT2D eigenvalue weighted by molar-refractivity contribution is -0.873.